The van der Waals surface area contributed by atoms with E-state index in [-0.39, 0.29) is 11.5 Å². The quantitative estimate of drug-likeness (QED) is 0.448. The van der Waals surface area contributed by atoms with Crippen LogP contribution in [0, 0.1) is 17.2 Å². The van der Waals surface area contributed by atoms with Gasteiger partial charge in [0.05, 0.1) is 6.61 Å². The number of likely N-dealkylation sites (tertiary alicyclic amines) is 1. The van der Waals surface area contributed by atoms with Crippen LogP contribution in [0.3, 0.4) is 0 Å². The fourth-order valence-corrected chi connectivity index (χ4v) is 2.03. The Morgan fingerprint density at radius 3 is 3.06 bits per heavy atom. The predicted octanol–water partition coefficient (Wildman–Crippen LogP) is 0.888. The number of rotatable bonds is 5. The number of amides is 1. The van der Waals surface area contributed by atoms with Crippen molar-refractivity contribution in [1.29, 1.82) is 5.26 Å². The summed E-state index contributed by atoms with van der Waals surface area (Å²) in [5.41, 5.74) is 0.167. The van der Waals surface area contributed by atoms with Crippen LogP contribution < -0.4 is 5.32 Å². The molecular formula is C13H21N3O2. The van der Waals surface area contributed by atoms with Gasteiger partial charge in [0.2, 0.25) is 0 Å². The Kier molecular flexibility index (Phi) is 6.23. The van der Waals surface area contributed by atoms with E-state index in [1.165, 1.54) is 6.42 Å². The maximum atomic E-state index is 11.7. The van der Waals surface area contributed by atoms with Gasteiger partial charge in [-0.1, -0.05) is 6.92 Å². The smallest absolute Gasteiger partial charge is 0.263 e. The molecule has 1 N–H and O–H groups in total. The van der Waals surface area contributed by atoms with Crippen molar-refractivity contribution in [2.45, 2.75) is 19.8 Å². The van der Waals surface area contributed by atoms with Crippen LogP contribution in [-0.2, 0) is 9.53 Å². The van der Waals surface area contributed by atoms with Crippen LogP contribution in [-0.4, -0.2) is 44.2 Å². The summed E-state index contributed by atoms with van der Waals surface area (Å²) < 4.78 is 4.84. The zero-order chi connectivity index (χ0) is 13.4. The lowest BCUT2D eigenvalue weighted by Gasteiger charge is -2.29. The molecule has 1 atom stereocenters. The number of carbonyl (C=O) groups is 1. The normalized spacial score (nSPS) is 20.4. The molecule has 1 amide bonds. The number of nitrogens with zero attached hydrogens (tertiary/aromatic N) is 2. The maximum Gasteiger partial charge on any atom is 0.263 e. The van der Waals surface area contributed by atoms with Gasteiger partial charge < -0.3 is 15.0 Å². The van der Waals surface area contributed by atoms with Gasteiger partial charge in [0.15, 0.2) is 0 Å². The molecule has 1 saturated heterocycles. The molecule has 0 aromatic rings. The third-order valence-electron chi connectivity index (χ3n) is 2.96. The van der Waals surface area contributed by atoms with E-state index in [1.807, 2.05) is 6.07 Å². The largest absolute Gasteiger partial charge is 0.383 e. The average Bonchev–Trinajstić information content (AvgIpc) is 2.36. The zero-order valence-corrected chi connectivity index (χ0v) is 11.1. The van der Waals surface area contributed by atoms with Crippen molar-refractivity contribution in [3.05, 3.63) is 11.8 Å². The number of hydrogen-bond donors (Lipinski definition) is 1. The zero-order valence-electron chi connectivity index (χ0n) is 11.1. The molecule has 5 heteroatoms. The number of carbonyl (C=O) groups excluding carboxylic acids is 1. The number of methoxy groups -OCH3 is 1. The molecule has 0 spiro atoms. The highest BCUT2D eigenvalue weighted by Gasteiger charge is 2.16. The molecule has 0 saturated carbocycles. The van der Waals surface area contributed by atoms with Crippen LogP contribution in [0.2, 0.25) is 0 Å². The topological polar surface area (TPSA) is 65.4 Å². The summed E-state index contributed by atoms with van der Waals surface area (Å²) in [6, 6.07) is 1.96. The first-order valence-corrected chi connectivity index (χ1v) is 6.30. The van der Waals surface area contributed by atoms with E-state index in [4.69, 9.17) is 10.00 Å². The molecule has 100 valence electrons. The molecular weight excluding hydrogens is 230 g/mol. The summed E-state index contributed by atoms with van der Waals surface area (Å²) >= 11 is 0. The molecule has 1 unspecified atom stereocenters. The highest BCUT2D eigenvalue weighted by atomic mass is 16.5. The summed E-state index contributed by atoms with van der Waals surface area (Å²) in [6.07, 6.45) is 4.01. The van der Waals surface area contributed by atoms with E-state index in [0.29, 0.717) is 19.1 Å². The molecule has 1 fully saturated rings. The molecule has 0 aromatic carbocycles. The lowest BCUT2D eigenvalue weighted by atomic mass is 10.0. The summed E-state index contributed by atoms with van der Waals surface area (Å²) in [7, 11) is 1.57. The first kappa shape index (κ1) is 14.5. The monoisotopic (exact) mass is 251 g/mol. The highest BCUT2D eigenvalue weighted by Crippen LogP contribution is 2.16. The van der Waals surface area contributed by atoms with Crippen molar-refractivity contribution in [1.82, 2.24) is 10.2 Å². The number of nitriles is 1. The molecule has 0 aliphatic carbocycles. The van der Waals surface area contributed by atoms with Gasteiger partial charge in [-0.3, -0.25) is 4.79 Å². The van der Waals surface area contributed by atoms with Gasteiger partial charge in [0, 0.05) is 32.9 Å². The van der Waals surface area contributed by atoms with E-state index >= 15 is 0 Å². The van der Waals surface area contributed by atoms with Crippen LogP contribution in [0.25, 0.3) is 0 Å². The predicted molar refractivity (Wildman–Crippen MR) is 68.6 cm³/mol. The van der Waals surface area contributed by atoms with Crippen LogP contribution >= 0.6 is 0 Å². The minimum Gasteiger partial charge on any atom is -0.383 e. The second kappa shape index (κ2) is 7.72. The number of ether oxygens (including phenoxy) is 1. The van der Waals surface area contributed by atoms with Crippen LogP contribution in [0.1, 0.15) is 19.8 Å². The minimum atomic E-state index is -0.326. The van der Waals surface area contributed by atoms with Crippen molar-refractivity contribution in [3.8, 4) is 6.07 Å². The van der Waals surface area contributed by atoms with E-state index in [2.05, 4.69) is 17.1 Å². The molecule has 5 nitrogen and oxygen atoms in total. The summed E-state index contributed by atoms with van der Waals surface area (Å²) in [4.78, 5) is 13.8. The SMILES string of the molecule is COCCNC(=O)/C(C#N)=C\N1CCCC(C)C1. The van der Waals surface area contributed by atoms with Crippen molar-refractivity contribution < 1.29 is 9.53 Å². The van der Waals surface area contributed by atoms with Gasteiger partial charge in [-0.15, -0.1) is 0 Å². The van der Waals surface area contributed by atoms with Crippen molar-refractivity contribution in [2.75, 3.05) is 33.4 Å². The molecule has 1 aliphatic rings. The van der Waals surface area contributed by atoms with Gasteiger partial charge in [0.25, 0.3) is 5.91 Å². The van der Waals surface area contributed by atoms with Crippen molar-refractivity contribution >= 4 is 5.91 Å². The molecule has 1 heterocycles. The van der Waals surface area contributed by atoms with E-state index in [9.17, 15) is 4.79 Å². The number of hydrogen-bond acceptors (Lipinski definition) is 4. The molecule has 18 heavy (non-hydrogen) atoms. The first-order chi connectivity index (χ1) is 8.67. The second-order valence-corrected chi connectivity index (χ2v) is 4.65. The summed E-state index contributed by atoms with van der Waals surface area (Å²) in [5.74, 6) is 0.291. The lowest BCUT2D eigenvalue weighted by molar-refractivity contribution is -0.117. The molecule has 1 rings (SSSR count). The van der Waals surface area contributed by atoms with Crippen molar-refractivity contribution in [3.63, 3.8) is 0 Å². The Morgan fingerprint density at radius 1 is 1.67 bits per heavy atom. The third-order valence-corrected chi connectivity index (χ3v) is 2.96. The summed E-state index contributed by atoms with van der Waals surface area (Å²) in [5, 5.41) is 11.7. The Morgan fingerprint density at radius 2 is 2.44 bits per heavy atom. The lowest BCUT2D eigenvalue weighted by Crippen LogP contribution is -2.33. The second-order valence-electron chi connectivity index (χ2n) is 4.65. The van der Waals surface area contributed by atoms with Crippen molar-refractivity contribution in [2.24, 2.45) is 5.92 Å². The molecule has 0 bridgehead atoms. The molecule has 1 aliphatic heterocycles. The van der Waals surface area contributed by atoms with Gasteiger partial charge in [-0.25, -0.2) is 0 Å². The molecule has 0 radical (unpaired) electrons. The standard InChI is InChI=1S/C13H21N3O2/c1-11-4-3-6-16(9-11)10-12(8-14)13(17)15-5-7-18-2/h10-11H,3-7,9H2,1-2H3,(H,15,17)/b12-10-. The van der Waals surface area contributed by atoms with Gasteiger partial charge in [-0.2, -0.15) is 5.26 Å². The average molecular weight is 251 g/mol. The van der Waals surface area contributed by atoms with Crippen LogP contribution in [0.15, 0.2) is 11.8 Å². The summed E-state index contributed by atoms with van der Waals surface area (Å²) in [6.45, 7) is 4.89. The number of nitrogens with one attached hydrogen (secondary N) is 1. The van der Waals surface area contributed by atoms with Gasteiger partial charge >= 0.3 is 0 Å². The van der Waals surface area contributed by atoms with Gasteiger partial charge in [0.1, 0.15) is 11.6 Å². The van der Waals surface area contributed by atoms with Gasteiger partial charge in [-0.05, 0) is 18.8 Å². The highest BCUT2D eigenvalue weighted by molar-refractivity contribution is 5.97. The minimum absolute atomic E-state index is 0.167. The fourth-order valence-electron chi connectivity index (χ4n) is 2.03. The first-order valence-electron chi connectivity index (χ1n) is 6.30. The van der Waals surface area contributed by atoms with E-state index < -0.39 is 0 Å². The Hall–Kier alpha value is -1.54. The molecule has 0 aromatic heterocycles. The van der Waals surface area contributed by atoms with Crippen LogP contribution in [0.5, 0.6) is 0 Å². The van der Waals surface area contributed by atoms with E-state index in [0.717, 1.165) is 19.5 Å². The van der Waals surface area contributed by atoms with E-state index in [1.54, 1.807) is 13.3 Å². The van der Waals surface area contributed by atoms with Crippen LogP contribution in [0.4, 0.5) is 0 Å². The Balaban J connectivity index is 2.53. The fraction of sp³-hybridized carbons (Fsp3) is 0.692. The maximum absolute atomic E-state index is 11.7. The Bertz CT molecular complexity index is 347. The Labute approximate surface area is 108 Å². The number of piperidine rings is 1. The third kappa shape index (κ3) is 4.76.